The Morgan fingerprint density at radius 3 is 2.58 bits per heavy atom. The van der Waals surface area contributed by atoms with Crippen LogP contribution in [0, 0.1) is 11.8 Å². The topological polar surface area (TPSA) is 108 Å². The van der Waals surface area contributed by atoms with Crippen LogP contribution in [0.1, 0.15) is 23.7 Å². The fourth-order valence-corrected chi connectivity index (χ4v) is 5.60. The zero-order chi connectivity index (χ0) is 23.3. The molecule has 0 unspecified atom stereocenters. The van der Waals surface area contributed by atoms with Crippen molar-refractivity contribution < 1.29 is 24.2 Å². The number of anilines is 1. The second kappa shape index (κ2) is 8.22. The van der Waals surface area contributed by atoms with Gasteiger partial charge in [-0.1, -0.05) is 41.9 Å². The average molecular weight is 470 g/mol. The molecule has 1 spiro atoms. The fourth-order valence-electron chi connectivity index (χ4n) is 5.47. The van der Waals surface area contributed by atoms with Crippen LogP contribution in [-0.2, 0) is 24.7 Å². The van der Waals surface area contributed by atoms with Gasteiger partial charge in [-0.25, -0.2) is 0 Å². The molecule has 0 radical (unpaired) electrons. The second-order valence-corrected chi connectivity index (χ2v) is 9.09. The first-order valence-corrected chi connectivity index (χ1v) is 11.2. The number of nitrogens with one attached hydrogen (secondary N) is 2. The molecule has 2 fully saturated rings. The van der Waals surface area contributed by atoms with Crippen molar-refractivity contribution in [3.05, 3.63) is 64.7 Å². The molecule has 3 N–H and O–H groups in total. The summed E-state index contributed by atoms with van der Waals surface area (Å²) in [6.45, 7) is 0.595. The first-order chi connectivity index (χ1) is 15.9. The fraction of sp³-hybridized carbons (Fsp3) is 0.375. The van der Waals surface area contributed by atoms with Crippen LogP contribution in [0.3, 0.4) is 0 Å². The Labute approximate surface area is 195 Å². The largest absolute Gasteiger partial charge is 0.387 e. The summed E-state index contributed by atoms with van der Waals surface area (Å²) in [6, 6.07) is 12.9. The molecule has 3 heterocycles. The monoisotopic (exact) mass is 469 g/mol. The molecular formula is C24H24ClN3O5. The van der Waals surface area contributed by atoms with E-state index in [4.69, 9.17) is 16.3 Å². The van der Waals surface area contributed by atoms with Crippen molar-refractivity contribution in [2.75, 3.05) is 25.6 Å². The Hall–Kier alpha value is -2.78. The van der Waals surface area contributed by atoms with Crippen molar-refractivity contribution in [2.24, 2.45) is 11.8 Å². The highest BCUT2D eigenvalue weighted by atomic mass is 35.5. The van der Waals surface area contributed by atoms with Crippen LogP contribution < -0.4 is 10.6 Å². The number of nitrogens with zero attached hydrogens (tertiary/aromatic N) is 1. The third-order valence-corrected chi connectivity index (χ3v) is 7.18. The van der Waals surface area contributed by atoms with E-state index < -0.39 is 41.3 Å². The minimum atomic E-state index is -1.44. The second-order valence-electron chi connectivity index (χ2n) is 8.65. The zero-order valence-electron chi connectivity index (χ0n) is 18.0. The summed E-state index contributed by atoms with van der Waals surface area (Å²) in [7, 11) is 1.56. The van der Waals surface area contributed by atoms with Crippen LogP contribution in [0.15, 0.2) is 48.5 Å². The number of fused-ring (bicyclic) bond motifs is 4. The summed E-state index contributed by atoms with van der Waals surface area (Å²) >= 11 is 5.99. The number of ether oxygens (including phenoxy) is 1. The molecule has 3 aliphatic rings. The number of halogens is 1. The number of rotatable bonds is 6. The van der Waals surface area contributed by atoms with Crippen molar-refractivity contribution >= 4 is 35.0 Å². The van der Waals surface area contributed by atoms with E-state index in [0.717, 1.165) is 0 Å². The predicted molar refractivity (Wildman–Crippen MR) is 120 cm³/mol. The van der Waals surface area contributed by atoms with E-state index in [0.29, 0.717) is 34.9 Å². The molecule has 5 rings (SSSR count). The summed E-state index contributed by atoms with van der Waals surface area (Å²) in [5, 5.41) is 17.9. The van der Waals surface area contributed by atoms with Gasteiger partial charge in [-0.3, -0.25) is 24.6 Å². The summed E-state index contributed by atoms with van der Waals surface area (Å²) in [4.78, 5) is 41.7. The number of para-hydroxylation sites is 1. The van der Waals surface area contributed by atoms with Gasteiger partial charge in [-0.15, -0.1) is 0 Å². The van der Waals surface area contributed by atoms with Gasteiger partial charge in [0.25, 0.3) is 0 Å². The maximum Gasteiger partial charge on any atom is 0.250 e. The van der Waals surface area contributed by atoms with Gasteiger partial charge in [0.1, 0.15) is 5.54 Å². The quantitative estimate of drug-likeness (QED) is 0.440. The Bertz CT molecular complexity index is 1120. The predicted octanol–water partition coefficient (Wildman–Crippen LogP) is 1.83. The molecule has 3 amide bonds. The van der Waals surface area contributed by atoms with Crippen LogP contribution >= 0.6 is 11.6 Å². The van der Waals surface area contributed by atoms with Gasteiger partial charge < -0.3 is 15.2 Å². The van der Waals surface area contributed by atoms with Gasteiger partial charge in [-0.2, -0.15) is 0 Å². The number of carbonyl (C=O) groups is 3. The van der Waals surface area contributed by atoms with Crippen LogP contribution in [0.4, 0.5) is 5.69 Å². The maximum absolute atomic E-state index is 13.6. The Morgan fingerprint density at radius 1 is 1.12 bits per heavy atom. The van der Waals surface area contributed by atoms with Crippen molar-refractivity contribution in [1.82, 2.24) is 10.2 Å². The normalized spacial score (nSPS) is 28.9. The molecule has 172 valence electrons. The molecule has 2 aromatic carbocycles. The lowest BCUT2D eigenvalue weighted by atomic mass is 9.76. The Balaban J connectivity index is 1.60. The van der Waals surface area contributed by atoms with Crippen molar-refractivity contribution in [3.8, 4) is 0 Å². The van der Waals surface area contributed by atoms with Gasteiger partial charge in [0.15, 0.2) is 0 Å². The maximum atomic E-state index is 13.6. The number of carbonyl (C=O) groups excluding carboxylic acids is 3. The molecule has 0 aliphatic carbocycles. The molecule has 2 aromatic rings. The molecule has 33 heavy (non-hydrogen) atoms. The lowest BCUT2D eigenvalue weighted by Gasteiger charge is -2.30. The van der Waals surface area contributed by atoms with Gasteiger partial charge in [-0.05, 0) is 30.2 Å². The highest BCUT2D eigenvalue weighted by Crippen LogP contribution is 2.54. The number of hydrogen-bond donors (Lipinski definition) is 3. The third kappa shape index (κ3) is 3.20. The van der Waals surface area contributed by atoms with E-state index in [2.05, 4.69) is 10.6 Å². The number of hydrogen-bond acceptors (Lipinski definition) is 6. The van der Waals surface area contributed by atoms with E-state index in [1.165, 1.54) is 4.90 Å². The van der Waals surface area contributed by atoms with Crippen LogP contribution in [-0.4, -0.2) is 54.0 Å². The Kier molecular flexibility index (Phi) is 5.49. The van der Waals surface area contributed by atoms with Gasteiger partial charge in [0.05, 0.1) is 24.0 Å². The number of methoxy groups -OCH3 is 1. The molecule has 3 aliphatic heterocycles. The number of benzene rings is 2. The number of amides is 3. The summed E-state index contributed by atoms with van der Waals surface area (Å²) in [6.07, 6.45) is -0.647. The van der Waals surface area contributed by atoms with Crippen LogP contribution in [0.2, 0.25) is 5.02 Å². The smallest absolute Gasteiger partial charge is 0.250 e. The standard InChI is InChI=1S/C24H24ClN3O5/c1-33-12-4-11-28-21(30)17-18(22(28)31)24(15-5-2-3-6-16(15)26-23(24)32)27-19(17)20(29)13-7-9-14(25)10-8-13/h2-3,5-10,17-20,27,29H,4,11-12H2,1H3,(H,26,32)/t17-,18-,19+,20+,24-/m0/s1. The third-order valence-electron chi connectivity index (χ3n) is 6.93. The van der Waals surface area contributed by atoms with Gasteiger partial charge in [0.2, 0.25) is 17.7 Å². The molecule has 0 bridgehead atoms. The van der Waals surface area contributed by atoms with Crippen molar-refractivity contribution in [2.45, 2.75) is 24.1 Å². The van der Waals surface area contributed by atoms with E-state index in [9.17, 15) is 19.5 Å². The van der Waals surface area contributed by atoms with Gasteiger partial charge in [0, 0.05) is 36.5 Å². The minimum Gasteiger partial charge on any atom is -0.387 e. The van der Waals surface area contributed by atoms with Crippen molar-refractivity contribution in [1.29, 1.82) is 0 Å². The number of aliphatic hydroxyl groups is 1. The zero-order valence-corrected chi connectivity index (χ0v) is 18.7. The molecule has 5 atom stereocenters. The lowest BCUT2D eigenvalue weighted by Crippen LogP contribution is -2.54. The summed E-state index contributed by atoms with van der Waals surface area (Å²) in [5.74, 6) is -3.07. The SMILES string of the molecule is COCCCN1C(=O)[C@@H]2[C@H]([C@H](O)c3ccc(Cl)cc3)N[C@]3(C(=O)Nc4ccccc43)[C@@H]2C1=O. The first kappa shape index (κ1) is 22.0. The molecule has 2 saturated heterocycles. The number of aliphatic hydroxyl groups excluding tert-OH is 1. The summed E-state index contributed by atoms with van der Waals surface area (Å²) in [5.41, 5.74) is 0.295. The molecule has 0 aromatic heterocycles. The molecule has 0 saturated carbocycles. The van der Waals surface area contributed by atoms with Crippen LogP contribution in [0.5, 0.6) is 0 Å². The molecular weight excluding hydrogens is 446 g/mol. The van der Waals surface area contributed by atoms with E-state index in [1.807, 2.05) is 0 Å². The van der Waals surface area contributed by atoms with E-state index in [1.54, 1.807) is 55.6 Å². The van der Waals surface area contributed by atoms with Gasteiger partial charge >= 0.3 is 0 Å². The highest BCUT2D eigenvalue weighted by molar-refractivity contribution is 6.30. The lowest BCUT2D eigenvalue weighted by molar-refractivity contribution is -0.143. The van der Waals surface area contributed by atoms with E-state index >= 15 is 0 Å². The highest BCUT2D eigenvalue weighted by Gasteiger charge is 2.71. The van der Waals surface area contributed by atoms with Crippen LogP contribution in [0.25, 0.3) is 0 Å². The Morgan fingerprint density at radius 2 is 1.85 bits per heavy atom. The summed E-state index contributed by atoms with van der Waals surface area (Å²) < 4.78 is 5.07. The molecule has 8 nitrogen and oxygen atoms in total. The van der Waals surface area contributed by atoms with Crippen molar-refractivity contribution in [3.63, 3.8) is 0 Å². The number of likely N-dealkylation sites (tertiary alicyclic amines) is 1. The number of imide groups is 1. The van der Waals surface area contributed by atoms with E-state index in [-0.39, 0.29) is 12.5 Å². The minimum absolute atomic E-state index is 0.196. The first-order valence-electron chi connectivity index (χ1n) is 10.9. The average Bonchev–Trinajstić information content (AvgIpc) is 3.40. The molecule has 9 heteroatoms.